The van der Waals surface area contributed by atoms with Crippen molar-refractivity contribution in [1.29, 1.82) is 0 Å². The van der Waals surface area contributed by atoms with E-state index in [0.29, 0.717) is 30.9 Å². The van der Waals surface area contributed by atoms with Gasteiger partial charge in [-0.3, -0.25) is 4.79 Å². The normalized spacial score (nSPS) is 25.0. The number of hydrogen-bond acceptors (Lipinski definition) is 3. The van der Waals surface area contributed by atoms with Crippen molar-refractivity contribution >= 4 is 23.1 Å². The Bertz CT molecular complexity index is 294. The second-order valence-corrected chi connectivity index (χ2v) is 4.91. The third kappa shape index (κ3) is 1.86. The zero-order chi connectivity index (χ0) is 11.1. The van der Waals surface area contributed by atoms with Crippen LogP contribution in [-0.4, -0.2) is 40.1 Å². The van der Waals surface area contributed by atoms with Crippen LogP contribution in [0.25, 0.3) is 0 Å². The van der Waals surface area contributed by atoms with Crippen molar-refractivity contribution in [2.75, 3.05) is 13.1 Å². The van der Waals surface area contributed by atoms with E-state index in [9.17, 15) is 9.90 Å². The Morgan fingerprint density at radius 3 is 2.33 bits per heavy atom. The second-order valence-electron chi connectivity index (χ2n) is 4.47. The third-order valence-electron chi connectivity index (χ3n) is 3.38. The van der Waals surface area contributed by atoms with Crippen LogP contribution in [0.1, 0.15) is 25.7 Å². The number of likely N-dealkylation sites (tertiary alicyclic amines) is 1. The molecule has 0 aromatic carbocycles. The second kappa shape index (κ2) is 3.72. The molecule has 1 aliphatic heterocycles. The summed E-state index contributed by atoms with van der Waals surface area (Å²) in [4.78, 5) is 14.2. The van der Waals surface area contributed by atoms with Crippen LogP contribution in [0.5, 0.6) is 0 Å². The Morgan fingerprint density at radius 2 is 1.93 bits per heavy atom. The minimum absolute atomic E-state index is 0.0712. The number of aliphatic hydroxyl groups is 1. The van der Waals surface area contributed by atoms with Crippen molar-refractivity contribution in [3.63, 3.8) is 0 Å². The lowest BCUT2D eigenvalue weighted by Gasteiger charge is -2.32. The number of nitrogens with two attached hydrogens (primary N) is 1. The van der Waals surface area contributed by atoms with Crippen LogP contribution < -0.4 is 5.73 Å². The largest absolute Gasteiger partial charge is 0.393 e. The van der Waals surface area contributed by atoms with Gasteiger partial charge in [0.25, 0.3) is 0 Å². The van der Waals surface area contributed by atoms with Crippen LogP contribution >= 0.6 is 12.2 Å². The van der Waals surface area contributed by atoms with Gasteiger partial charge in [-0.25, -0.2) is 0 Å². The number of hydrogen-bond donors (Lipinski definition) is 2. The van der Waals surface area contributed by atoms with E-state index < -0.39 is 5.41 Å². The van der Waals surface area contributed by atoms with Gasteiger partial charge < -0.3 is 15.7 Å². The summed E-state index contributed by atoms with van der Waals surface area (Å²) < 4.78 is 0. The first-order chi connectivity index (χ1) is 7.06. The molecule has 0 aromatic rings. The Kier molecular flexibility index (Phi) is 2.68. The zero-order valence-electron chi connectivity index (χ0n) is 8.61. The maximum atomic E-state index is 12.1. The average molecular weight is 228 g/mol. The van der Waals surface area contributed by atoms with Crippen molar-refractivity contribution < 1.29 is 9.90 Å². The van der Waals surface area contributed by atoms with Gasteiger partial charge in [-0.2, -0.15) is 0 Å². The summed E-state index contributed by atoms with van der Waals surface area (Å²) in [5.74, 6) is 0.0712. The van der Waals surface area contributed by atoms with Gasteiger partial charge in [-0.15, -0.1) is 0 Å². The molecule has 3 N–H and O–H groups in total. The van der Waals surface area contributed by atoms with E-state index in [4.69, 9.17) is 18.0 Å². The van der Waals surface area contributed by atoms with Crippen molar-refractivity contribution in [3.05, 3.63) is 0 Å². The molecule has 0 bridgehead atoms. The van der Waals surface area contributed by atoms with E-state index in [1.807, 2.05) is 0 Å². The van der Waals surface area contributed by atoms with Gasteiger partial charge in [0.2, 0.25) is 5.91 Å². The highest BCUT2D eigenvalue weighted by molar-refractivity contribution is 7.80. The summed E-state index contributed by atoms with van der Waals surface area (Å²) in [5.41, 5.74) is 5.07. The summed E-state index contributed by atoms with van der Waals surface area (Å²) >= 11 is 4.94. The van der Waals surface area contributed by atoms with E-state index in [0.717, 1.165) is 12.8 Å². The summed E-state index contributed by atoms with van der Waals surface area (Å²) in [6, 6.07) is 0. The molecule has 2 aliphatic rings. The van der Waals surface area contributed by atoms with Gasteiger partial charge >= 0.3 is 0 Å². The summed E-state index contributed by atoms with van der Waals surface area (Å²) in [7, 11) is 0. The molecule has 0 aromatic heterocycles. The Labute approximate surface area is 94.4 Å². The van der Waals surface area contributed by atoms with Gasteiger partial charge in [-0.1, -0.05) is 12.2 Å². The highest BCUT2D eigenvalue weighted by atomic mass is 32.1. The molecule has 15 heavy (non-hydrogen) atoms. The number of aliphatic hydroxyl groups excluding tert-OH is 1. The monoisotopic (exact) mass is 228 g/mol. The Morgan fingerprint density at radius 1 is 1.40 bits per heavy atom. The van der Waals surface area contributed by atoms with Gasteiger partial charge in [0.1, 0.15) is 0 Å². The summed E-state index contributed by atoms with van der Waals surface area (Å²) in [6.07, 6.45) is 2.66. The number of thiocarbonyl (C=S) groups is 1. The van der Waals surface area contributed by atoms with Crippen molar-refractivity contribution in [3.8, 4) is 0 Å². The molecule has 0 unspecified atom stereocenters. The van der Waals surface area contributed by atoms with E-state index in [1.54, 1.807) is 4.90 Å². The lowest BCUT2D eigenvalue weighted by Crippen LogP contribution is -2.47. The molecule has 2 rings (SSSR count). The number of carbonyl (C=O) groups is 1. The van der Waals surface area contributed by atoms with Gasteiger partial charge in [-0.05, 0) is 25.7 Å². The van der Waals surface area contributed by atoms with E-state index in [1.165, 1.54) is 0 Å². The molecule has 0 atom stereocenters. The molecule has 4 nitrogen and oxygen atoms in total. The first-order valence-electron chi connectivity index (χ1n) is 5.33. The maximum absolute atomic E-state index is 12.1. The van der Waals surface area contributed by atoms with Crippen LogP contribution in [0.3, 0.4) is 0 Å². The lowest BCUT2D eigenvalue weighted by atomic mass is 10.0. The first kappa shape index (κ1) is 10.8. The van der Waals surface area contributed by atoms with E-state index in [-0.39, 0.29) is 12.0 Å². The van der Waals surface area contributed by atoms with Crippen LogP contribution in [0.2, 0.25) is 0 Å². The van der Waals surface area contributed by atoms with Crippen molar-refractivity contribution in [2.24, 2.45) is 11.1 Å². The highest BCUT2D eigenvalue weighted by Crippen LogP contribution is 2.47. The standard InChI is InChI=1S/C10H16N2O2S/c11-8(15)10(3-4-10)9(14)12-5-1-7(13)2-6-12/h7,13H,1-6H2,(H2,11,15). The van der Waals surface area contributed by atoms with Crippen LogP contribution in [0.4, 0.5) is 0 Å². The van der Waals surface area contributed by atoms with Crippen molar-refractivity contribution in [2.45, 2.75) is 31.8 Å². The molecular weight excluding hydrogens is 212 g/mol. The Hall–Kier alpha value is -0.680. The quantitative estimate of drug-likeness (QED) is 0.655. The third-order valence-corrected chi connectivity index (χ3v) is 3.77. The van der Waals surface area contributed by atoms with Gasteiger partial charge in [0.05, 0.1) is 16.5 Å². The summed E-state index contributed by atoms with van der Waals surface area (Å²) in [6.45, 7) is 1.26. The van der Waals surface area contributed by atoms with Crippen LogP contribution in [0, 0.1) is 5.41 Å². The number of rotatable bonds is 2. The SMILES string of the molecule is NC(=S)C1(C(=O)N2CCC(O)CC2)CC1. The molecular formula is C10H16N2O2S. The van der Waals surface area contributed by atoms with Gasteiger partial charge in [0.15, 0.2) is 0 Å². The number of amides is 1. The van der Waals surface area contributed by atoms with Crippen LogP contribution in [0.15, 0.2) is 0 Å². The minimum Gasteiger partial charge on any atom is -0.393 e. The molecule has 84 valence electrons. The molecule has 1 heterocycles. The molecule has 0 radical (unpaired) electrons. The molecule has 1 saturated carbocycles. The fraction of sp³-hybridized carbons (Fsp3) is 0.800. The van der Waals surface area contributed by atoms with E-state index >= 15 is 0 Å². The molecule has 1 aliphatic carbocycles. The number of piperidine rings is 1. The van der Waals surface area contributed by atoms with Gasteiger partial charge in [0, 0.05) is 13.1 Å². The van der Waals surface area contributed by atoms with Crippen molar-refractivity contribution in [1.82, 2.24) is 4.90 Å². The van der Waals surface area contributed by atoms with Crippen LogP contribution in [-0.2, 0) is 4.79 Å². The highest BCUT2D eigenvalue weighted by Gasteiger charge is 2.54. The van der Waals surface area contributed by atoms with E-state index in [2.05, 4.69) is 0 Å². The number of carbonyl (C=O) groups excluding carboxylic acids is 1. The smallest absolute Gasteiger partial charge is 0.235 e. The minimum atomic E-state index is -0.530. The Balaban J connectivity index is 2.00. The molecule has 1 saturated heterocycles. The summed E-state index contributed by atoms with van der Waals surface area (Å²) in [5, 5.41) is 9.35. The number of nitrogens with zero attached hydrogens (tertiary/aromatic N) is 1. The molecule has 2 fully saturated rings. The lowest BCUT2D eigenvalue weighted by molar-refractivity contribution is -0.136. The first-order valence-corrected chi connectivity index (χ1v) is 5.74. The molecule has 0 spiro atoms. The molecule has 1 amide bonds. The fourth-order valence-electron chi connectivity index (χ4n) is 2.06. The topological polar surface area (TPSA) is 66.6 Å². The average Bonchev–Trinajstić information content (AvgIpc) is 2.98. The molecule has 5 heteroatoms. The zero-order valence-corrected chi connectivity index (χ0v) is 9.42. The maximum Gasteiger partial charge on any atom is 0.235 e. The predicted octanol–water partition coefficient (Wildman–Crippen LogP) is 0.0360. The fourth-order valence-corrected chi connectivity index (χ4v) is 2.35. The predicted molar refractivity (Wildman–Crippen MR) is 60.3 cm³/mol.